The summed E-state index contributed by atoms with van der Waals surface area (Å²) in [4.78, 5) is 0. The van der Waals surface area contributed by atoms with E-state index < -0.39 is 13.2 Å². The molecule has 3 nitrogen and oxygen atoms in total. The SMILES string of the molecule is CCCCCCOP(C)(=O)OC(C)(C)C. The quantitative estimate of drug-likeness (QED) is 0.490. The molecule has 0 aromatic carbocycles. The van der Waals surface area contributed by atoms with Gasteiger partial charge in [0.05, 0.1) is 12.2 Å². The van der Waals surface area contributed by atoms with E-state index >= 15 is 0 Å². The highest BCUT2D eigenvalue weighted by atomic mass is 31.2. The van der Waals surface area contributed by atoms with Gasteiger partial charge in [-0.05, 0) is 27.2 Å². The van der Waals surface area contributed by atoms with E-state index in [-0.39, 0.29) is 0 Å². The van der Waals surface area contributed by atoms with Crippen LogP contribution in [-0.2, 0) is 13.6 Å². The van der Waals surface area contributed by atoms with Gasteiger partial charge in [0, 0.05) is 6.66 Å². The predicted octanol–water partition coefficient (Wildman–Crippen LogP) is 4.22. The van der Waals surface area contributed by atoms with E-state index in [9.17, 15) is 4.57 Å². The molecule has 0 rings (SSSR count). The molecule has 0 heterocycles. The minimum Gasteiger partial charge on any atom is -0.309 e. The Morgan fingerprint density at radius 1 is 1.13 bits per heavy atom. The lowest BCUT2D eigenvalue weighted by atomic mass is 10.2. The second-order valence-corrected chi connectivity index (χ2v) is 6.85. The maximum Gasteiger partial charge on any atom is 0.328 e. The Hall–Kier alpha value is 0.150. The fourth-order valence-corrected chi connectivity index (χ4v) is 2.79. The summed E-state index contributed by atoms with van der Waals surface area (Å²) in [5, 5.41) is 0. The third-order valence-corrected chi connectivity index (χ3v) is 3.29. The molecule has 0 saturated heterocycles. The minimum atomic E-state index is -2.86. The minimum absolute atomic E-state index is 0.409. The van der Waals surface area contributed by atoms with Crippen LogP contribution in [-0.4, -0.2) is 18.9 Å². The van der Waals surface area contributed by atoms with Crippen LogP contribution in [0.15, 0.2) is 0 Å². The van der Waals surface area contributed by atoms with Crippen molar-refractivity contribution in [3.05, 3.63) is 0 Å². The van der Waals surface area contributed by atoms with Crippen LogP contribution in [0, 0.1) is 0 Å². The molecule has 0 aromatic rings. The molecule has 0 radical (unpaired) electrons. The molecule has 0 aliphatic carbocycles. The summed E-state index contributed by atoms with van der Waals surface area (Å²) in [6.07, 6.45) is 4.49. The Morgan fingerprint density at radius 2 is 1.73 bits per heavy atom. The summed E-state index contributed by atoms with van der Waals surface area (Å²) in [6, 6.07) is 0. The van der Waals surface area contributed by atoms with Crippen LogP contribution >= 0.6 is 7.60 Å². The van der Waals surface area contributed by atoms with Crippen LogP contribution < -0.4 is 0 Å². The van der Waals surface area contributed by atoms with E-state index in [0.717, 1.165) is 12.8 Å². The number of hydrogen-bond acceptors (Lipinski definition) is 3. The Labute approximate surface area is 94.1 Å². The van der Waals surface area contributed by atoms with Gasteiger partial charge in [0.1, 0.15) is 0 Å². The first-order valence-corrected chi connectivity index (χ1v) is 7.68. The summed E-state index contributed by atoms with van der Waals surface area (Å²) in [5.74, 6) is 0. The summed E-state index contributed by atoms with van der Waals surface area (Å²) in [6.45, 7) is 9.87. The van der Waals surface area contributed by atoms with E-state index in [0.29, 0.717) is 6.61 Å². The maximum absolute atomic E-state index is 11.8. The molecule has 0 bridgehead atoms. The smallest absolute Gasteiger partial charge is 0.309 e. The first-order chi connectivity index (χ1) is 6.77. The first kappa shape index (κ1) is 15.2. The molecule has 4 heteroatoms. The van der Waals surface area contributed by atoms with E-state index in [1.807, 2.05) is 20.8 Å². The highest BCUT2D eigenvalue weighted by Gasteiger charge is 2.24. The van der Waals surface area contributed by atoms with Crippen molar-refractivity contribution in [1.29, 1.82) is 0 Å². The van der Waals surface area contributed by atoms with Crippen LogP contribution in [0.2, 0.25) is 0 Å². The zero-order valence-corrected chi connectivity index (χ0v) is 11.6. The molecule has 15 heavy (non-hydrogen) atoms. The standard InChI is InChI=1S/C11H25O3P/c1-6-7-8-9-10-13-15(5,12)14-11(2,3)4/h6-10H2,1-5H3. The van der Waals surface area contributed by atoms with Gasteiger partial charge < -0.3 is 9.05 Å². The molecule has 1 unspecified atom stereocenters. The number of hydrogen-bond donors (Lipinski definition) is 0. The molecule has 0 aromatic heterocycles. The molecule has 0 N–H and O–H groups in total. The molecular formula is C11H25O3P. The predicted molar refractivity (Wildman–Crippen MR) is 64.5 cm³/mol. The second-order valence-electron chi connectivity index (χ2n) is 4.87. The summed E-state index contributed by atoms with van der Waals surface area (Å²) >= 11 is 0. The molecule has 0 aliphatic heterocycles. The van der Waals surface area contributed by atoms with Gasteiger partial charge in [0.2, 0.25) is 0 Å². The highest BCUT2D eigenvalue weighted by Crippen LogP contribution is 2.47. The van der Waals surface area contributed by atoms with Gasteiger partial charge in [-0.15, -0.1) is 0 Å². The van der Waals surface area contributed by atoms with Gasteiger partial charge in [-0.1, -0.05) is 26.2 Å². The molecule has 0 spiro atoms. The molecule has 92 valence electrons. The normalized spacial score (nSPS) is 16.3. The number of unbranched alkanes of at least 4 members (excludes halogenated alkanes) is 3. The van der Waals surface area contributed by atoms with Crippen LogP contribution in [0.5, 0.6) is 0 Å². The third-order valence-electron chi connectivity index (χ3n) is 1.76. The van der Waals surface area contributed by atoms with Crippen molar-refractivity contribution in [2.45, 2.75) is 59.0 Å². The molecule has 0 saturated carbocycles. The lowest BCUT2D eigenvalue weighted by Crippen LogP contribution is -2.18. The molecular weight excluding hydrogens is 211 g/mol. The van der Waals surface area contributed by atoms with Crippen LogP contribution in [0.4, 0.5) is 0 Å². The van der Waals surface area contributed by atoms with Crippen molar-refractivity contribution in [3.63, 3.8) is 0 Å². The summed E-state index contributed by atoms with van der Waals surface area (Å²) in [7, 11) is -2.86. The lowest BCUT2D eigenvalue weighted by molar-refractivity contribution is 0.0965. The zero-order valence-electron chi connectivity index (χ0n) is 10.7. The average molecular weight is 236 g/mol. The second kappa shape index (κ2) is 6.67. The van der Waals surface area contributed by atoms with Gasteiger partial charge in [-0.25, -0.2) is 0 Å². The van der Waals surface area contributed by atoms with E-state index in [1.165, 1.54) is 19.5 Å². The van der Waals surface area contributed by atoms with Gasteiger partial charge in [-0.3, -0.25) is 4.57 Å². The zero-order chi connectivity index (χ0) is 11.9. The molecule has 1 atom stereocenters. The van der Waals surface area contributed by atoms with Crippen LogP contribution in [0.1, 0.15) is 53.4 Å². The van der Waals surface area contributed by atoms with E-state index in [2.05, 4.69) is 6.92 Å². The first-order valence-electron chi connectivity index (χ1n) is 5.69. The monoisotopic (exact) mass is 236 g/mol. The van der Waals surface area contributed by atoms with Crippen molar-refractivity contribution >= 4 is 7.60 Å². The van der Waals surface area contributed by atoms with Crippen molar-refractivity contribution in [2.24, 2.45) is 0 Å². The fraction of sp³-hybridized carbons (Fsp3) is 1.00. The van der Waals surface area contributed by atoms with Crippen molar-refractivity contribution in [3.8, 4) is 0 Å². The summed E-state index contributed by atoms with van der Waals surface area (Å²) < 4.78 is 22.5. The summed E-state index contributed by atoms with van der Waals surface area (Å²) in [5.41, 5.74) is -0.409. The van der Waals surface area contributed by atoms with Crippen LogP contribution in [0.3, 0.4) is 0 Å². The highest BCUT2D eigenvalue weighted by molar-refractivity contribution is 7.53. The largest absolute Gasteiger partial charge is 0.328 e. The Bertz CT molecular complexity index is 208. The van der Waals surface area contributed by atoms with Crippen molar-refractivity contribution < 1.29 is 13.6 Å². The molecule has 0 fully saturated rings. The maximum atomic E-state index is 11.8. The van der Waals surface area contributed by atoms with Gasteiger partial charge in [0.25, 0.3) is 0 Å². The van der Waals surface area contributed by atoms with Crippen molar-refractivity contribution in [1.82, 2.24) is 0 Å². The van der Waals surface area contributed by atoms with Gasteiger partial charge >= 0.3 is 7.60 Å². The third kappa shape index (κ3) is 10.4. The average Bonchev–Trinajstić information content (AvgIpc) is 1.99. The number of rotatable bonds is 7. The molecule has 0 aliphatic rings. The van der Waals surface area contributed by atoms with E-state index in [1.54, 1.807) is 0 Å². The lowest BCUT2D eigenvalue weighted by Gasteiger charge is -2.24. The van der Waals surface area contributed by atoms with E-state index in [4.69, 9.17) is 9.05 Å². The van der Waals surface area contributed by atoms with Crippen LogP contribution in [0.25, 0.3) is 0 Å². The Balaban J connectivity index is 3.70. The Kier molecular flexibility index (Phi) is 6.74. The van der Waals surface area contributed by atoms with Gasteiger partial charge in [0.15, 0.2) is 0 Å². The Morgan fingerprint density at radius 3 is 2.20 bits per heavy atom. The molecule has 0 amide bonds. The fourth-order valence-electron chi connectivity index (χ4n) is 1.28. The van der Waals surface area contributed by atoms with Crippen molar-refractivity contribution in [2.75, 3.05) is 13.3 Å². The van der Waals surface area contributed by atoms with Gasteiger partial charge in [-0.2, -0.15) is 0 Å². The topological polar surface area (TPSA) is 35.5 Å².